The molecule has 0 aliphatic heterocycles. The van der Waals surface area contributed by atoms with Crippen molar-refractivity contribution in [2.45, 2.75) is 57.9 Å². The molecule has 0 bridgehead atoms. The second-order valence-corrected chi connectivity index (χ2v) is 9.60. The number of hydrogen-bond donors (Lipinski definition) is 3. The lowest BCUT2D eigenvalue weighted by Gasteiger charge is -2.25. The van der Waals surface area contributed by atoms with E-state index in [9.17, 15) is 9.59 Å². The van der Waals surface area contributed by atoms with Gasteiger partial charge in [-0.05, 0) is 63.4 Å². The summed E-state index contributed by atoms with van der Waals surface area (Å²) in [6, 6.07) is 0.120. The molecule has 2 heterocycles. The van der Waals surface area contributed by atoms with Crippen LogP contribution in [-0.2, 0) is 17.6 Å². The number of hydrogen-bond acceptors (Lipinski definition) is 6. The average Bonchev–Trinajstić information content (AvgIpc) is 3.61. The maximum absolute atomic E-state index is 13.1. The Bertz CT molecular complexity index is 953. The Morgan fingerprint density at radius 2 is 2.00 bits per heavy atom. The van der Waals surface area contributed by atoms with Crippen LogP contribution >= 0.6 is 11.3 Å². The molecule has 0 radical (unpaired) electrons. The number of amides is 2. The van der Waals surface area contributed by atoms with Gasteiger partial charge in [-0.2, -0.15) is 0 Å². The second kappa shape index (κ2) is 7.12. The van der Waals surface area contributed by atoms with E-state index in [0.717, 1.165) is 37.1 Å². The Morgan fingerprint density at radius 1 is 1.21 bits per heavy atom. The van der Waals surface area contributed by atoms with Gasteiger partial charge in [-0.3, -0.25) is 14.2 Å². The molecule has 2 fully saturated rings. The van der Waals surface area contributed by atoms with Crippen LogP contribution < -0.4 is 16.4 Å². The van der Waals surface area contributed by atoms with E-state index in [1.54, 1.807) is 11.3 Å². The third kappa shape index (κ3) is 3.63. The highest BCUT2D eigenvalue weighted by Gasteiger charge is 2.35. The number of aromatic nitrogens is 3. The molecule has 0 saturated heterocycles. The molecule has 0 aromatic carbocycles. The predicted octanol–water partition coefficient (Wildman–Crippen LogP) is 2.45. The van der Waals surface area contributed by atoms with Gasteiger partial charge < -0.3 is 16.4 Å². The lowest BCUT2D eigenvalue weighted by atomic mass is 9.90. The maximum atomic E-state index is 13.1. The van der Waals surface area contributed by atoms with E-state index in [0.29, 0.717) is 35.4 Å². The molecule has 0 spiro atoms. The van der Waals surface area contributed by atoms with Crippen molar-refractivity contribution in [3.05, 3.63) is 21.8 Å². The quantitative estimate of drug-likeness (QED) is 0.672. The highest BCUT2D eigenvalue weighted by molar-refractivity contribution is 7.17. The van der Waals surface area contributed by atoms with E-state index in [1.165, 1.54) is 17.7 Å². The van der Waals surface area contributed by atoms with Crippen molar-refractivity contribution in [1.82, 2.24) is 20.1 Å². The number of fused-ring (bicyclic) bond motifs is 1. The van der Waals surface area contributed by atoms with Gasteiger partial charge in [0, 0.05) is 23.4 Å². The maximum Gasteiger partial charge on any atom is 0.254 e. The molecule has 4 N–H and O–H groups in total. The van der Waals surface area contributed by atoms with Gasteiger partial charge in [-0.1, -0.05) is 0 Å². The Hall–Kier alpha value is -2.42. The number of nitrogens with one attached hydrogen (secondary N) is 2. The molecule has 2 saturated carbocycles. The Morgan fingerprint density at radius 3 is 2.66 bits per heavy atom. The number of anilines is 2. The molecule has 9 heteroatoms. The molecule has 2 aromatic heterocycles. The summed E-state index contributed by atoms with van der Waals surface area (Å²) in [5.41, 5.74) is 7.73. The first-order valence-electron chi connectivity index (χ1n) is 10.4. The van der Waals surface area contributed by atoms with Crippen molar-refractivity contribution >= 4 is 34.1 Å². The van der Waals surface area contributed by atoms with Crippen molar-refractivity contribution < 1.29 is 9.59 Å². The van der Waals surface area contributed by atoms with Gasteiger partial charge >= 0.3 is 0 Å². The van der Waals surface area contributed by atoms with Crippen molar-refractivity contribution in [3.63, 3.8) is 0 Å². The summed E-state index contributed by atoms with van der Waals surface area (Å²) in [5, 5.41) is 14.9. The SMILES string of the molecule is Cc1nnc(N)n1C1CCc2sc(NC(=O)C3CC3)c(C(=O)NCC3CC3)c2C1. The first-order chi connectivity index (χ1) is 14.0. The summed E-state index contributed by atoms with van der Waals surface area (Å²) in [6.07, 6.45) is 6.70. The second-order valence-electron chi connectivity index (χ2n) is 8.50. The van der Waals surface area contributed by atoms with Crippen LogP contribution in [0.4, 0.5) is 10.9 Å². The van der Waals surface area contributed by atoms with Crippen LogP contribution in [0.15, 0.2) is 0 Å². The molecular formula is C20H26N6O2S. The zero-order chi connectivity index (χ0) is 20.1. The summed E-state index contributed by atoms with van der Waals surface area (Å²) >= 11 is 1.56. The zero-order valence-electron chi connectivity index (χ0n) is 16.5. The van der Waals surface area contributed by atoms with Gasteiger partial charge in [0.15, 0.2) is 0 Å². The molecule has 2 aromatic rings. The van der Waals surface area contributed by atoms with Crippen molar-refractivity contribution in [2.24, 2.45) is 11.8 Å². The van der Waals surface area contributed by atoms with E-state index in [1.807, 2.05) is 11.5 Å². The summed E-state index contributed by atoms with van der Waals surface area (Å²) in [6.45, 7) is 2.61. The molecule has 1 unspecified atom stereocenters. The summed E-state index contributed by atoms with van der Waals surface area (Å²) < 4.78 is 1.97. The topological polar surface area (TPSA) is 115 Å². The smallest absolute Gasteiger partial charge is 0.254 e. The minimum Gasteiger partial charge on any atom is -0.368 e. The molecule has 8 nitrogen and oxygen atoms in total. The van der Waals surface area contributed by atoms with Gasteiger partial charge in [0.2, 0.25) is 11.9 Å². The van der Waals surface area contributed by atoms with E-state index in [4.69, 9.17) is 5.73 Å². The Balaban J connectivity index is 1.46. The van der Waals surface area contributed by atoms with Gasteiger partial charge in [-0.15, -0.1) is 21.5 Å². The first kappa shape index (κ1) is 18.6. The van der Waals surface area contributed by atoms with Gasteiger partial charge in [0.25, 0.3) is 5.91 Å². The van der Waals surface area contributed by atoms with Crippen molar-refractivity contribution in [1.29, 1.82) is 0 Å². The van der Waals surface area contributed by atoms with Crippen LogP contribution in [0.1, 0.15) is 64.8 Å². The molecule has 5 rings (SSSR count). The van der Waals surface area contributed by atoms with Crippen LogP contribution in [0.2, 0.25) is 0 Å². The largest absolute Gasteiger partial charge is 0.368 e. The molecule has 3 aliphatic rings. The zero-order valence-corrected chi connectivity index (χ0v) is 17.3. The number of rotatable bonds is 6. The third-order valence-electron chi connectivity index (χ3n) is 6.15. The standard InChI is InChI=1S/C20H26N6O2S/c1-10-24-25-20(21)26(10)13-6-7-15-14(8-13)16(18(28)22-9-11-2-3-11)19(29-15)23-17(27)12-4-5-12/h11-13H,2-9H2,1H3,(H2,21,25)(H,22,28)(H,23,27). The molecule has 3 aliphatic carbocycles. The van der Waals surface area contributed by atoms with Crippen LogP contribution in [0.25, 0.3) is 0 Å². The molecule has 2 amide bonds. The number of thiophene rings is 1. The van der Waals surface area contributed by atoms with Crippen molar-refractivity contribution in [2.75, 3.05) is 17.6 Å². The number of nitrogens with zero attached hydrogens (tertiary/aromatic N) is 3. The van der Waals surface area contributed by atoms with Crippen LogP contribution in [0.3, 0.4) is 0 Å². The highest BCUT2D eigenvalue weighted by Crippen LogP contribution is 2.42. The van der Waals surface area contributed by atoms with Crippen molar-refractivity contribution in [3.8, 4) is 0 Å². The molecule has 29 heavy (non-hydrogen) atoms. The fourth-order valence-electron chi connectivity index (χ4n) is 4.16. The Labute approximate surface area is 173 Å². The van der Waals surface area contributed by atoms with Gasteiger partial charge in [-0.25, -0.2) is 0 Å². The normalized spacial score (nSPS) is 20.9. The molecule has 154 valence electrons. The van der Waals surface area contributed by atoms with E-state index >= 15 is 0 Å². The predicted molar refractivity (Wildman–Crippen MR) is 111 cm³/mol. The van der Waals surface area contributed by atoms with E-state index < -0.39 is 0 Å². The van der Waals surface area contributed by atoms with Crippen LogP contribution in [0, 0.1) is 18.8 Å². The summed E-state index contributed by atoms with van der Waals surface area (Å²) in [5.74, 6) is 1.86. The van der Waals surface area contributed by atoms with E-state index in [2.05, 4.69) is 20.8 Å². The summed E-state index contributed by atoms with van der Waals surface area (Å²) in [4.78, 5) is 26.7. The minimum absolute atomic E-state index is 0.0373. The molecule has 1 atom stereocenters. The number of nitrogen functional groups attached to an aromatic ring is 1. The van der Waals surface area contributed by atoms with Gasteiger partial charge in [0.05, 0.1) is 5.56 Å². The fraction of sp³-hybridized carbons (Fsp3) is 0.600. The minimum atomic E-state index is -0.0744. The fourth-order valence-corrected chi connectivity index (χ4v) is 5.40. The average molecular weight is 415 g/mol. The molecular weight excluding hydrogens is 388 g/mol. The monoisotopic (exact) mass is 414 g/mol. The van der Waals surface area contributed by atoms with Crippen LogP contribution in [-0.4, -0.2) is 33.1 Å². The number of carbonyl (C=O) groups excluding carboxylic acids is 2. The van der Waals surface area contributed by atoms with Crippen LogP contribution in [0.5, 0.6) is 0 Å². The number of aryl methyl sites for hydroxylation is 2. The Kier molecular flexibility index (Phi) is 4.57. The van der Waals surface area contributed by atoms with E-state index in [-0.39, 0.29) is 23.8 Å². The van der Waals surface area contributed by atoms with Gasteiger partial charge in [0.1, 0.15) is 10.8 Å². The third-order valence-corrected chi connectivity index (χ3v) is 7.36. The highest BCUT2D eigenvalue weighted by atomic mass is 32.1. The lowest BCUT2D eigenvalue weighted by Crippen LogP contribution is -2.29. The number of carbonyl (C=O) groups is 2. The first-order valence-corrected chi connectivity index (χ1v) is 11.2. The summed E-state index contributed by atoms with van der Waals surface area (Å²) in [7, 11) is 0. The lowest BCUT2D eigenvalue weighted by molar-refractivity contribution is -0.117. The number of nitrogens with two attached hydrogens (primary N) is 1.